The molecule has 0 radical (unpaired) electrons. The van der Waals surface area contributed by atoms with Gasteiger partial charge in [-0.25, -0.2) is 67.1 Å². The van der Waals surface area contributed by atoms with Crippen LogP contribution in [0.3, 0.4) is 0 Å². The van der Waals surface area contributed by atoms with Crippen LogP contribution in [-0.2, 0) is 71.3 Å². The standard InChI is InChI=1S/2C38H28O12.C18H13NO5.10CH4/c1-4-33(39)45-20-47-35(41)23-6-10-25(11-7-23)37(43)49-27-14-16-29-30-17-15-28(19-32(30)22(3)31(29)18-27)50-38(44)26-12-8-24(9-13-26)36(42)48-21-46-34(40)5-2;1-4-33(39)45-20-47-35(41)23-8-6-10-25(16-23)37(43)49-27-12-14-29-30-15-13-28(19-32(30)22(3)31(29)18-27)50-38(44)26-11-7-9-24(17-26)36(42)48-21-46-34(40)5-2;1-2-17(20)22-12-23-18(21)24-16-9-7-15(8-10-16)14-5-3-13(11-19)4-6-14;;;;;;;;;;/h2*4-19,22H,1-2,20-21H2,3H3;2-10H,1,12H2;10*1H4. The normalized spacial score (nSPS) is 10.1. The number of esters is 13. The number of nitrogens with zero attached hydrogens (tertiary/aromatic N) is 1. The first-order chi connectivity index (χ1) is 59.8. The van der Waals surface area contributed by atoms with E-state index in [1.165, 1.54) is 97.1 Å². The maximum atomic E-state index is 13.0. The minimum atomic E-state index is -0.988. The van der Waals surface area contributed by atoms with E-state index in [-0.39, 0.29) is 148 Å². The third kappa shape index (κ3) is 31.6. The highest BCUT2D eigenvalue weighted by molar-refractivity contribution is 5.99. The van der Waals surface area contributed by atoms with E-state index in [0.717, 1.165) is 86.0 Å². The molecule has 0 atom stereocenters. The van der Waals surface area contributed by atoms with E-state index in [4.69, 9.17) is 47.9 Å². The Morgan fingerprint density at radius 3 is 0.746 bits per heavy atom. The van der Waals surface area contributed by atoms with Crippen molar-refractivity contribution in [2.24, 2.45) is 0 Å². The van der Waals surface area contributed by atoms with Crippen LogP contribution < -0.4 is 23.7 Å². The number of carbonyl (C=O) groups is 14. The van der Waals surface area contributed by atoms with E-state index in [1.807, 2.05) is 50.2 Å². The molecule has 0 fully saturated rings. The molecule has 0 aromatic heterocycles. The Kier molecular flexibility index (Phi) is 48.9. The third-order valence-corrected chi connectivity index (χ3v) is 17.9. The molecule has 0 saturated carbocycles. The Hall–Kier alpha value is -17.2. The highest BCUT2D eigenvalue weighted by Crippen LogP contribution is 2.49. The first-order valence-electron chi connectivity index (χ1n) is 36.7. The zero-order valence-corrected chi connectivity index (χ0v) is 65.7. The fraction of sp³-hybridized carbons (Fsp3) is 0.183. The molecule has 10 aromatic rings. The Bertz CT molecular complexity index is 5630. The molecule has 0 unspecified atom stereocenters. The van der Waals surface area contributed by atoms with Gasteiger partial charge in [0.1, 0.15) is 28.7 Å². The molecular weight excluding hydrogens is 1730 g/mol. The quantitative estimate of drug-likeness (QED) is 0.0105. The molecule has 134 heavy (non-hydrogen) atoms. The minimum Gasteiger partial charge on any atom is -0.425 e. The van der Waals surface area contributed by atoms with Crippen molar-refractivity contribution >= 4 is 83.8 Å². The van der Waals surface area contributed by atoms with Crippen molar-refractivity contribution in [3.63, 3.8) is 0 Å². The minimum absolute atomic E-state index is 0. The Morgan fingerprint density at radius 1 is 0.261 bits per heavy atom. The summed E-state index contributed by atoms with van der Waals surface area (Å²) in [5.41, 5.74) is 10.7. The van der Waals surface area contributed by atoms with Gasteiger partial charge in [-0.3, -0.25) is 0 Å². The molecule has 12 rings (SSSR count). The van der Waals surface area contributed by atoms with Crippen LogP contribution in [0.25, 0.3) is 33.4 Å². The molecular formula is C104H109NO29. The highest BCUT2D eigenvalue weighted by atomic mass is 16.8. The third-order valence-electron chi connectivity index (χ3n) is 17.9. The molecule has 2 aliphatic carbocycles. The van der Waals surface area contributed by atoms with Crippen LogP contribution in [0.15, 0.2) is 282 Å². The van der Waals surface area contributed by atoms with E-state index in [9.17, 15) is 67.1 Å². The van der Waals surface area contributed by atoms with Gasteiger partial charge in [-0.15, -0.1) is 0 Å². The predicted molar refractivity (Wildman–Crippen MR) is 503 cm³/mol. The van der Waals surface area contributed by atoms with Crippen LogP contribution in [-0.4, -0.2) is 118 Å². The van der Waals surface area contributed by atoms with E-state index < -0.39 is 118 Å². The average Bonchev–Trinajstić information content (AvgIpc) is 1.61. The first kappa shape index (κ1) is 117. The molecule has 0 aliphatic heterocycles. The summed E-state index contributed by atoms with van der Waals surface area (Å²) in [6.07, 6.45) is 3.71. The van der Waals surface area contributed by atoms with Gasteiger partial charge in [0.2, 0.25) is 34.0 Å². The second kappa shape index (κ2) is 56.2. The van der Waals surface area contributed by atoms with Gasteiger partial charge >= 0.3 is 83.8 Å². The summed E-state index contributed by atoms with van der Waals surface area (Å²) in [7, 11) is 0. The van der Waals surface area contributed by atoms with Crippen molar-refractivity contribution in [3.8, 4) is 68.2 Å². The van der Waals surface area contributed by atoms with Crippen LogP contribution >= 0.6 is 0 Å². The van der Waals surface area contributed by atoms with Crippen molar-refractivity contribution in [2.75, 3.05) is 34.0 Å². The topological polar surface area (TPSA) is 401 Å². The van der Waals surface area contributed by atoms with Crippen molar-refractivity contribution in [1.29, 1.82) is 5.26 Å². The van der Waals surface area contributed by atoms with Crippen LogP contribution in [0.5, 0.6) is 28.7 Å². The zero-order chi connectivity index (χ0) is 88.9. The lowest BCUT2D eigenvalue weighted by Crippen LogP contribution is -2.14. The molecule has 0 N–H and O–H groups in total. The summed E-state index contributed by atoms with van der Waals surface area (Å²) in [6, 6.07) is 59.6. The van der Waals surface area contributed by atoms with Gasteiger partial charge in [0.25, 0.3) is 0 Å². The fourth-order valence-corrected chi connectivity index (χ4v) is 11.8. The SMILES string of the molecule is C.C.C.C.C.C.C.C.C.C.C=CC(=O)OCOC(=O)Oc1ccc(-c2ccc(C#N)cc2)cc1.C=CC(=O)OCOC(=O)c1ccc(C(=O)Oc2ccc3c(c2)C(C)c2cc(OC(=O)c4ccc(C(=O)OCOC(=O)C=C)cc4)ccc2-3)cc1.C=CC(=O)OCOC(=O)c1cccc(C(=O)Oc2ccc3c(c2)C(C)c2cc(OC(=O)c4cccc(C(=O)OCOC(=O)C=C)c4)ccc2-3)c1. The van der Waals surface area contributed by atoms with Crippen LogP contribution in [0.2, 0.25) is 0 Å². The number of hydrogen-bond donors (Lipinski definition) is 0. The van der Waals surface area contributed by atoms with Crippen LogP contribution in [0, 0.1) is 11.3 Å². The predicted octanol–water partition coefficient (Wildman–Crippen LogP) is 21.7. The molecule has 2 aliphatic rings. The summed E-state index contributed by atoms with van der Waals surface area (Å²) in [5, 5.41) is 8.78. The van der Waals surface area contributed by atoms with Gasteiger partial charge in [-0.2, -0.15) is 5.26 Å². The van der Waals surface area contributed by atoms with Crippen molar-refractivity contribution in [1.82, 2.24) is 0 Å². The molecule has 30 nitrogen and oxygen atoms in total. The van der Waals surface area contributed by atoms with Crippen molar-refractivity contribution < 1.29 is 138 Å². The summed E-state index contributed by atoms with van der Waals surface area (Å²) in [6.45, 7) is 17.2. The molecule has 0 spiro atoms. The molecule has 0 bridgehead atoms. The van der Waals surface area contributed by atoms with Crippen molar-refractivity contribution in [3.05, 3.63) is 354 Å². The number of carbonyl (C=O) groups excluding carboxylic acids is 14. The number of ether oxygens (including phenoxy) is 15. The molecule has 704 valence electrons. The highest BCUT2D eigenvalue weighted by Gasteiger charge is 2.30. The fourth-order valence-electron chi connectivity index (χ4n) is 11.8. The second-order valence-electron chi connectivity index (χ2n) is 25.7. The number of nitriles is 1. The second-order valence-corrected chi connectivity index (χ2v) is 25.7. The van der Waals surface area contributed by atoms with Gasteiger partial charge < -0.3 is 71.1 Å². The van der Waals surface area contributed by atoms with Crippen LogP contribution in [0.4, 0.5) is 4.79 Å². The summed E-state index contributed by atoms with van der Waals surface area (Å²) < 4.78 is 74.5. The summed E-state index contributed by atoms with van der Waals surface area (Å²) in [4.78, 5) is 167. The summed E-state index contributed by atoms with van der Waals surface area (Å²) >= 11 is 0. The van der Waals surface area contributed by atoms with Gasteiger partial charge in [0.05, 0.1) is 56.1 Å². The Labute approximate surface area is 779 Å². The number of benzene rings is 10. The maximum Gasteiger partial charge on any atom is 0.516 e. The number of rotatable bonds is 29. The van der Waals surface area contributed by atoms with Crippen LogP contribution in [0.1, 0.15) is 211 Å². The largest absolute Gasteiger partial charge is 0.516 e. The van der Waals surface area contributed by atoms with Crippen molar-refractivity contribution in [2.45, 2.75) is 99.9 Å². The van der Waals surface area contributed by atoms with Gasteiger partial charge in [-0.05, 0) is 213 Å². The lowest BCUT2D eigenvalue weighted by molar-refractivity contribution is -0.147. The Balaban J connectivity index is 0.00000201. The number of hydrogen-bond acceptors (Lipinski definition) is 30. The molecule has 30 heteroatoms. The average molecular weight is 1840 g/mol. The molecule has 10 aromatic carbocycles. The zero-order valence-electron chi connectivity index (χ0n) is 65.7. The first-order valence-corrected chi connectivity index (χ1v) is 36.7. The van der Waals surface area contributed by atoms with Gasteiger partial charge in [0.15, 0.2) is 0 Å². The smallest absolute Gasteiger partial charge is 0.425 e. The monoisotopic (exact) mass is 1840 g/mol. The molecule has 0 amide bonds. The summed E-state index contributed by atoms with van der Waals surface area (Å²) in [5.74, 6) is -8.24. The lowest BCUT2D eigenvalue weighted by Gasteiger charge is -2.11. The van der Waals surface area contributed by atoms with Gasteiger partial charge in [-0.1, -0.05) is 182 Å². The maximum absolute atomic E-state index is 13.0. The van der Waals surface area contributed by atoms with E-state index >= 15 is 0 Å². The van der Waals surface area contributed by atoms with E-state index in [2.05, 4.69) is 67.4 Å². The van der Waals surface area contributed by atoms with E-state index in [0.29, 0.717) is 17.1 Å². The lowest BCUT2D eigenvalue weighted by atomic mass is 9.99. The Morgan fingerprint density at radius 2 is 0.485 bits per heavy atom. The molecule has 0 heterocycles. The molecule has 0 saturated heterocycles. The number of fused-ring (bicyclic) bond motifs is 6. The van der Waals surface area contributed by atoms with E-state index in [1.54, 1.807) is 84.9 Å². The van der Waals surface area contributed by atoms with Gasteiger partial charge in [0, 0.05) is 42.2 Å².